The first-order valence-corrected chi connectivity index (χ1v) is 7.32. The van der Waals surface area contributed by atoms with Crippen LogP contribution in [0, 0.1) is 0 Å². The Morgan fingerprint density at radius 1 is 1.00 bits per heavy atom. The number of hydrogen-bond donors (Lipinski definition) is 0. The number of rotatable bonds is 3. The number of nitrogens with zero attached hydrogens (tertiary/aromatic N) is 3. The van der Waals surface area contributed by atoms with Crippen molar-refractivity contribution in [3.8, 4) is 11.4 Å². The summed E-state index contributed by atoms with van der Waals surface area (Å²) in [4.78, 5) is 15.7. The molecule has 0 fully saturated rings. The van der Waals surface area contributed by atoms with Gasteiger partial charge in [-0.3, -0.25) is 4.79 Å². The molecule has 0 aliphatic carbocycles. The predicted molar refractivity (Wildman–Crippen MR) is 79.5 cm³/mol. The Morgan fingerprint density at radius 3 is 2.41 bits per heavy atom. The molecule has 3 aromatic rings. The molecule has 0 unspecified atom stereocenters. The van der Waals surface area contributed by atoms with Gasteiger partial charge in [-0.25, -0.2) is 0 Å². The maximum Gasteiger partial charge on any atom is 0.421 e. The molecule has 0 spiro atoms. The molecule has 0 aliphatic rings. The van der Waals surface area contributed by atoms with E-state index in [2.05, 4.69) is 10.1 Å². The lowest BCUT2D eigenvalue weighted by Crippen LogP contribution is -2.28. The molecule has 11 heteroatoms. The van der Waals surface area contributed by atoms with Crippen LogP contribution in [0.25, 0.3) is 11.4 Å². The van der Waals surface area contributed by atoms with Gasteiger partial charge in [-0.05, 0) is 24.3 Å². The number of aromatic nitrogens is 3. The van der Waals surface area contributed by atoms with E-state index in [0.717, 1.165) is 30.5 Å². The standard InChI is InChI=1S/C16H9F6N3O2/c17-15(18,19)10-4-1-3-9(7-10)13-23-12(27-24-13)8-25-6-2-5-11(14(25)26)16(20,21)22/h1-7H,8H2. The zero-order chi connectivity index (χ0) is 19.8. The Bertz CT molecular complexity index is 1020. The molecule has 0 atom stereocenters. The van der Waals surface area contributed by atoms with Gasteiger partial charge < -0.3 is 9.09 Å². The van der Waals surface area contributed by atoms with E-state index in [4.69, 9.17) is 4.52 Å². The van der Waals surface area contributed by atoms with Crippen LogP contribution in [0.15, 0.2) is 51.9 Å². The van der Waals surface area contributed by atoms with Gasteiger partial charge in [-0.15, -0.1) is 0 Å². The van der Waals surface area contributed by atoms with Gasteiger partial charge in [0.15, 0.2) is 0 Å². The highest BCUT2D eigenvalue weighted by Gasteiger charge is 2.34. The maximum atomic E-state index is 12.8. The van der Waals surface area contributed by atoms with E-state index in [1.54, 1.807) is 0 Å². The third-order valence-corrected chi connectivity index (χ3v) is 3.55. The zero-order valence-electron chi connectivity index (χ0n) is 13.2. The summed E-state index contributed by atoms with van der Waals surface area (Å²) in [6.07, 6.45) is -8.28. The molecule has 2 aromatic heterocycles. The van der Waals surface area contributed by atoms with E-state index in [1.165, 1.54) is 6.07 Å². The van der Waals surface area contributed by atoms with Gasteiger partial charge in [0.1, 0.15) is 12.1 Å². The molecule has 0 bridgehead atoms. The van der Waals surface area contributed by atoms with Crippen LogP contribution in [-0.2, 0) is 18.9 Å². The second-order valence-corrected chi connectivity index (χ2v) is 5.44. The number of benzene rings is 1. The van der Waals surface area contributed by atoms with Gasteiger partial charge >= 0.3 is 12.4 Å². The van der Waals surface area contributed by atoms with Crippen molar-refractivity contribution in [3.05, 3.63) is 70.0 Å². The minimum atomic E-state index is -4.82. The quantitative estimate of drug-likeness (QED) is 0.636. The molecule has 0 saturated carbocycles. The first-order chi connectivity index (χ1) is 12.6. The van der Waals surface area contributed by atoms with Gasteiger partial charge in [-0.2, -0.15) is 31.3 Å². The van der Waals surface area contributed by atoms with Gasteiger partial charge in [0, 0.05) is 11.8 Å². The fraction of sp³-hybridized carbons (Fsp3) is 0.188. The van der Waals surface area contributed by atoms with Crippen LogP contribution in [-0.4, -0.2) is 14.7 Å². The van der Waals surface area contributed by atoms with Crippen LogP contribution in [0.2, 0.25) is 0 Å². The second kappa shape index (κ2) is 6.56. The molecule has 3 rings (SSSR count). The lowest BCUT2D eigenvalue weighted by atomic mass is 10.1. The average molecular weight is 389 g/mol. The van der Waals surface area contributed by atoms with Crippen molar-refractivity contribution in [2.75, 3.05) is 0 Å². The highest BCUT2D eigenvalue weighted by molar-refractivity contribution is 5.55. The van der Waals surface area contributed by atoms with Crippen LogP contribution in [0.3, 0.4) is 0 Å². The first-order valence-electron chi connectivity index (χ1n) is 7.32. The SMILES string of the molecule is O=c1c(C(F)(F)F)cccn1Cc1nc(-c2cccc(C(F)(F)F)c2)no1. The van der Waals surface area contributed by atoms with E-state index in [-0.39, 0.29) is 17.3 Å². The topological polar surface area (TPSA) is 60.9 Å². The second-order valence-electron chi connectivity index (χ2n) is 5.44. The van der Waals surface area contributed by atoms with Gasteiger partial charge in [-0.1, -0.05) is 17.3 Å². The van der Waals surface area contributed by atoms with E-state index in [1.807, 2.05) is 0 Å². The van der Waals surface area contributed by atoms with E-state index in [0.29, 0.717) is 10.6 Å². The Kier molecular flexibility index (Phi) is 4.54. The smallest absolute Gasteiger partial charge is 0.337 e. The third kappa shape index (κ3) is 4.01. The summed E-state index contributed by atoms with van der Waals surface area (Å²) in [6.45, 7) is -0.464. The Morgan fingerprint density at radius 2 is 1.74 bits per heavy atom. The summed E-state index contributed by atoms with van der Waals surface area (Å²) in [5.41, 5.74) is -3.57. The van der Waals surface area contributed by atoms with Gasteiger partial charge in [0.25, 0.3) is 5.56 Å². The summed E-state index contributed by atoms with van der Waals surface area (Å²) in [5.74, 6) is -0.417. The molecular weight excluding hydrogens is 380 g/mol. The maximum absolute atomic E-state index is 12.8. The van der Waals surface area contributed by atoms with Crippen molar-refractivity contribution >= 4 is 0 Å². The largest absolute Gasteiger partial charge is 0.421 e. The van der Waals surface area contributed by atoms with Crippen LogP contribution < -0.4 is 5.56 Å². The fourth-order valence-electron chi connectivity index (χ4n) is 2.29. The molecule has 0 radical (unpaired) electrons. The van der Waals surface area contributed by atoms with Crippen LogP contribution in [0.1, 0.15) is 17.0 Å². The summed E-state index contributed by atoms with van der Waals surface area (Å²) in [6, 6.07) is 5.83. The molecule has 0 saturated heterocycles. The first kappa shape index (κ1) is 18.7. The van der Waals surface area contributed by atoms with Crippen molar-refractivity contribution in [3.63, 3.8) is 0 Å². The molecule has 0 aliphatic heterocycles. The summed E-state index contributed by atoms with van der Waals surface area (Å²) < 4.78 is 82.2. The third-order valence-electron chi connectivity index (χ3n) is 3.55. The molecule has 2 heterocycles. The minimum absolute atomic E-state index is 0.0104. The highest BCUT2D eigenvalue weighted by atomic mass is 19.4. The van der Waals surface area contributed by atoms with Crippen LogP contribution >= 0.6 is 0 Å². The molecule has 142 valence electrons. The Balaban J connectivity index is 1.89. The van der Waals surface area contributed by atoms with Gasteiger partial charge in [0.05, 0.1) is 5.56 Å². The lowest BCUT2D eigenvalue weighted by Gasteiger charge is -2.08. The Labute approximate surface area is 146 Å². The van der Waals surface area contributed by atoms with Crippen molar-refractivity contribution < 1.29 is 30.9 Å². The summed E-state index contributed by atoms with van der Waals surface area (Å²) >= 11 is 0. The highest BCUT2D eigenvalue weighted by Crippen LogP contribution is 2.31. The average Bonchev–Trinajstić information content (AvgIpc) is 3.04. The number of pyridine rings is 1. The lowest BCUT2D eigenvalue weighted by molar-refractivity contribution is -0.139. The van der Waals surface area contributed by atoms with E-state index >= 15 is 0 Å². The van der Waals surface area contributed by atoms with Crippen molar-refractivity contribution in [2.45, 2.75) is 18.9 Å². The molecular formula is C16H9F6N3O2. The van der Waals surface area contributed by atoms with Crippen molar-refractivity contribution in [1.29, 1.82) is 0 Å². The Hall–Kier alpha value is -3.11. The number of hydrogen-bond acceptors (Lipinski definition) is 4. The molecule has 1 aromatic carbocycles. The van der Waals surface area contributed by atoms with Crippen LogP contribution in [0.5, 0.6) is 0 Å². The molecule has 27 heavy (non-hydrogen) atoms. The van der Waals surface area contributed by atoms with Crippen molar-refractivity contribution in [1.82, 2.24) is 14.7 Å². The van der Waals surface area contributed by atoms with Crippen molar-refractivity contribution in [2.24, 2.45) is 0 Å². The summed E-state index contributed by atoms with van der Waals surface area (Å²) in [7, 11) is 0. The normalized spacial score (nSPS) is 12.4. The zero-order valence-corrected chi connectivity index (χ0v) is 13.2. The number of halogens is 6. The number of alkyl halides is 6. The molecule has 0 N–H and O–H groups in total. The van der Waals surface area contributed by atoms with E-state index in [9.17, 15) is 31.1 Å². The summed E-state index contributed by atoms with van der Waals surface area (Å²) in [5, 5.41) is 3.52. The predicted octanol–water partition coefficient (Wildman–Crippen LogP) is 3.98. The minimum Gasteiger partial charge on any atom is -0.337 e. The van der Waals surface area contributed by atoms with Gasteiger partial charge in [0.2, 0.25) is 11.7 Å². The molecule has 0 amide bonds. The molecule has 5 nitrogen and oxygen atoms in total. The fourth-order valence-corrected chi connectivity index (χ4v) is 2.29. The monoisotopic (exact) mass is 389 g/mol. The van der Waals surface area contributed by atoms with Crippen LogP contribution in [0.4, 0.5) is 26.3 Å². The van der Waals surface area contributed by atoms with E-state index < -0.39 is 35.6 Å².